The van der Waals surface area contributed by atoms with Crippen molar-refractivity contribution in [3.8, 4) is 6.01 Å². The van der Waals surface area contributed by atoms with Gasteiger partial charge in [-0.2, -0.15) is 4.98 Å². The minimum absolute atomic E-state index is 0.00513. The van der Waals surface area contributed by atoms with E-state index in [1.54, 1.807) is 10.8 Å². The number of carbonyl (C=O) groups excluding carboxylic acids is 1. The average molecular weight is 351 g/mol. The molecule has 3 heterocycles. The van der Waals surface area contributed by atoms with Crippen LogP contribution in [0.5, 0.6) is 6.01 Å². The lowest BCUT2D eigenvalue weighted by molar-refractivity contribution is -0.150. The average Bonchev–Trinajstić information content (AvgIpc) is 3.09. The molecule has 4 atom stereocenters. The van der Waals surface area contributed by atoms with Crippen molar-refractivity contribution in [2.24, 2.45) is 0 Å². The van der Waals surface area contributed by atoms with E-state index >= 15 is 0 Å². The summed E-state index contributed by atoms with van der Waals surface area (Å²) in [6, 6.07) is 1.78. The SMILES string of the molecule is CCCCCCCC(=O)OC[C@H]1O[C@@H]2[C@@H](Oc3nc(=N)ccn32)[C@@H]1O. The molecular formula is C17H25N3O5. The molecule has 0 amide bonds. The first-order valence-electron chi connectivity index (χ1n) is 8.89. The summed E-state index contributed by atoms with van der Waals surface area (Å²) in [6.45, 7) is 2.16. The molecule has 0 aromatic carbocycles. The van der Waals surface area contributed by atoms with Gasteiger partial charge in [0.25, 0.3) is 0 Å². The fourth-order valence-corrected chi connectivity index (χ4v) is 3.14. The van der Waals surface area contributed by atoms with Crippen LogP contribution >= 0.6 is 0 Å². The van der Waals surface area contributed by atoms with Crippen molar-refractivity contribution >= 4 is 5.97 Å². The van der Waals surface area contributed by atoms with Crippen molar-refractivity contribution in [3.05, 3.63) is 17.8 Å². The van der Waals surface area contributed by atoms with Crippen LogP contribution in [0.15, 0.2) is 12.3 Å². The second-order valence-corrected chi connectivity index (χ2v) is 6.49. The molecule has 2 aliphatic rings. The molecule has 0 bridgehead atoms. The molecule has 0 radical (unpaired) electrons. The first kappa shape index (κ1) is 17.9. The number of ether oxygens (including phenoxy) is 3. The van der Waals surface area contributed by atoms with Gasteiger partial charge < -0.3 is 19.3 Å². The van der Waals surface area contributed by atoms with Gasteiger partial charge in [-0.1, -0.05) is 32.6 Å². The molecule has 0 unspecified atom stereocenters. The topological polar surface area (TPSA) is 107 Å². The van der Waals surface area contributed by atoms with Gasteiger partial charge in [-0.05, 0) is 12.5 Å². The molecule has 8 heteroatoms. The Morgan fingerprint density at radius 2 is 2.20 bits per heavy atom. The van der Waals surface area contributed by atoms with Crippen molar-refractivity contribution in [1.82, 2.24) is 9.55 Å². The summed E-state index contributed by atoms with van der Waals surface area (Å²) in [4.78, 5) is 15.8. The highest BCUT2D eigenvalue weighted by Crippen LogP contribution is 2.38. The molecule has 25 heavy (non-hydrogen) atoms. The third-order valence-corrected chi connectivity index (χ3v) is 4.55. The van der Waals surface area contributed by atoms with Gasteiger partial charge in [0, 0.05) is 12.6 Å². The van der Waals surface area contributed by atoms with Crippen LogP contribution in [0.2, 0.25) is 0 Å². The first-order valence-corrected chi connectivity index (χ1v) is 8.89. The third-order valence-electron chi connectivity index (χ3n) is 4.55. The van der Waals surface area contributed by atoms with Crippen molar-refractivity contribution < 1.29 is 24.1 Å². The number of aliphatic hydroxyl groups excluding tert-OH is 1. The smallest absolute Gasteiger partial charge is 0.305 e. The van der Waals surface area contributed by atoms with Gasteiger partial charge in [-0.15, -0.1) is 0 Å². The van der Waals surface area contributed by atoms with Gasteiger partial charge in [0.15, 0.2) is 17.8 Å². The van der Waals surface area contributed by atoms with Gasteiger partial charge in [-0.25, -0.2) is 0 Å². The third kappa shape index (κ3) is 4.01. The highest BCUT2D eigenvalue weighted by Gasteiger charge is 2.51. The summed E-state index contributed by atoms with van der Waals surface area (Å²) in [5.41, 5.74) is 0.0881. The number of aromatic nitrogens is 2. The maximum atomic E-state index is 11.8. The zero-order valence-corrected chi connectivity index (χ0v) is 14.4. The van der Waals surface area contributed by atoms with Crippen molar-refractivity contribution in [3.63, 3.8) is 0 Å². The quantitative estimate of drug-likeness (QED) is 0.540. The summed E-state index contributed by atoms with van der Waals surface area (Å²) >= 11 is 0. The van der Waals surface area contributed by atoms with Crippen LogP contribution in [0.3, 0.4) is 0 Å². The predicted molar refractivity (Wildman–Crippen MR) is 86.7 cm³/mol. The Bertz CT molecular complexity index is 662. The summed E-state index contributed by atoms with van der Waals surface area (Å²) in [7, 11) is 0. The summed E-state index contributed by atoms with van der Waals surface area (Å²) in [5.74, 6) is -0.265. The Kier molecular flexibility index (Phi) is 5.70. The normalized spacial score (nSPS) is 26.8. The minimum atomic E-state index is -0.918. The molecule has 3 rings (SSSR count). The molecule has 1 aromatic rings. The molecule has 8 nitrogen and oxygen atoms in total. The molecule has 0 spiro atoms. The number of unbranched alkanes of at least 4 members (excludes halogenated alkanes) is 4. The van der Waals surface area contributed by atoms with Crippen LogP contribution < -0.4 is 10.2 Å². The number of nitrogens with zero attached hydrogens (tertiary/aromatic N) is 2. The Morgan fingerprint density at radius 3 is 3.00 bits per heavy atom. The maximum absolute atomic E-state index is 11.8. The largest absolute Gasteiger partial charge is 0.463 e. The maximum Gasteiger partial charge on any atom is 0.305 e. The first-order chi connectivity index (χ1) is 12.1. The summed E-state index contributed by atoms with van der Waals surface area (Å²) < 4.78 is 18.2. The zero-order valence-electron chi connectivity index (χ0n) is 14.4. The lowest BCUT2D eigenvalue weighted by atomic mass is 10.1. The molecule has 1 aromatic heterocycles. The number of nitrogens with one attached hydrogen (secondary N) is 1. The van der Waals surface area contributed by atoms with Crippen LogP contribution in [-0.2, 0) is 14.3 Å². The van der Waals surface area contributed by atoms with Crippen molar-refractivity contribution in [2.75, 3.05) is 6.61 Å². The fourth-order valence-electron chi connectivity index (χ4n) is 3.14. The van der Waals surface area contributed by atoms with Crippen LogP contribution in [0.1, 0.15) is 51.7 Å². The van der Waals surface area contributed by atoms with E-state index in [4.69, 9.17) is 19.6 Å². The van der Waals surface area contributed by atoms with Gasteiger partial charge in [0.2, 0.25) is 0 Å². The van der Waals surface area contributed by atoms with E-state index in [0.29, 0.717) is 6.42 Å². The minimum Gasteiger partial charge on any atom is -0.463 e. The van der Waals surface area contributed by atoms with Crippen molar-refractivity contribution in [2.45, 2.75) is 70.0 Å². The van der Waals surface area contributed by atoms with E-state index in [2.05, 4.69) is 11.9 Å². The zero-order chi connectivity index (χ0) is 17.8. The van der Waals surface area contributed by atoms with E-state index in [0.717, 1.165) is 19.3 Å². The van der Waals surface area contributed by atoms with Crippen LogP contribution in [0.4, 0.5) is 0 Å². The van der Waals surface area contributed by atoms with Crippen molar-refractivity contribution in [1.29, 1.82) is 5.41 Å². The highest BCUT2D eigenvalue weighted by atomic mass is 16.6. The van der Waals surface area contributed by atoms with E-state index < -0.39 is 24.5 Å². The number of esters is 1. The number of aliphatic hydroxyl groups is 1. The van der Waals surface area contributed by atoms with E-state index in [1.807, 2.05) is 0 Å². The van der Waals surface area contributed by atoms with Gasteiger partial charge >= 0.3 is 12.0 Å². The van der Waals surface area contributed by atoms with E-state index in [1.165, 1.54) is 18.9 Å². The molecule has 2 aliphatic heterocycles. The molecule has 1 fully saturated rings. The Balaban J connectivity index is 1.45. The highest BCUT2D eigenvalue weighted by molar-refractivity contribution is 5.69. The number of rotatable bonds is 8. The van der Waals surface area contributed by atoms with Crippen LogP contribution in [0, 0.1) is 5.41 Å². The summed E-state index contributed by atoms with van der Waals surface area (Å²) in [6.07, 6.45) is 4.72. The van der Waals surface area contributed by atoms with Gasteiger partial charge in [-0.3, -0.25) is 14.8 Å². The molecule has 138 valence electrons. The van der Waals surface area contributed by atoms with Gasteiger partial charge in [0.1, 0.15) is 18.8 Å². The standard InChI is InChI=1S/C17H25N3O5/c1-2-3-4-5-6-7-13(21)23-10-11-14(22)15-16(24-11)20-9-8-12(18)19-17(20)25-15/h8-9,11,14-16,18,22H,2-7,10H2,1H3/t11-,14-,15+,16-/m1/s1. The fraction of sp³-hybridized carbons (Fsp3) is 0.706. The lowest BCUT2D eigenvalue weighted by Gasteiger charge is -2.17. The van der Waals surface area contributed by atoms with E-state index in [9.17, 15) is 9.90 Å². The second-order valence-electron chi connectivity index (χ2n) is 6.49. The molecule has 1 saturated heterocycles. The van der Waals surface area contributed by atoms with E-state index in [-0.39, 0.29) is 24.1 Å². The van der Waals surface area contributed by atoms with Gasteiger partial charge in [0.05, 0.1) is 0 Å². The number of fused-ring (bicyclic) bond motifs is 3. The Hall–Kier alpha value is -1.93. The monoisotopic (exact) mass is 351 g/mol. The molecule has 0 aliphatic carbocycles. The summed E-state index contributed by atoms with van der Waals surface area (Å²) in [5, 5.41) is 17.9. The Labute approximate surface area is 146 Å². The number of carbonyl (C=O) groups is 1. The predicted octanol–water partition coefficient (Wildman–Crippen LogP) is 1.29. The Morgan fingerprint density at radius 1 is 1.40 bits per heavy atom. The lowest BCUT2D eigenvalue weighted by Crippen LogP contribution is -2.36. The van der Waals surface area contributed by atoms with Crippen LogP contribution in [0.25, 0.3) is 0 Å². The van der Waals surface area contributed by atoms with Crippen LogP contribution in [-0.4, -0.2) is 45.5 Å². The molecule has 0 saturated carbocycles. The second kappa shape index (κ2) is 7.97. The number of hydrogen-bond donors (Lipinski definition) is 2. The molecular weight excluding hydrogens is 326 g/mol. The number of hydrogen-bond acceptors (Lipinski definition) is 7. The molecule has 2 N–H and O–H groups in total.